The lowest BCUT2D eigenvalue weighted by molar-refractivity contribution is -0.490. The Morgan fingerprint density at radius 1 is 1.70 bits per heavy atom. The first-order valence-electron chi connectivity index (χ1n) is 3.02. The molecule has 5 heteroatoms. The Kier molecular flexibility index (Phi) is 5.52. The average molecular weight is 212 g/mol. The van der Waals surface area contributed by atoms with Gasteiger partial charge in [-0.25, -0.2) is 0 Å². The zero-order chi connectivity index (χ0) is 7.98. The maximum atomic E-state index is 9.81. The van der Waals surface area contributed by atoms with Crippen LogP contribution in [0.2, 0.25) is 0 Å². The highest BCUT2D eigenvalue weighted by Crippen LogP contribution is 1.99. The second-order valence-corrected chi connectivity index (χ2v) is 2.79. The van der Waals surface area contributed by atoms with Crippen molar-refractivity contribution < 1.29 is 10.0 Å². The first kappa shape index (κ1) is 9.84. The number of halogens is 1. The largest absolute Gasteiger partial charge is 0.386 e. The highest BCUT2D eigenvalue weighted by atomic mass is 79.9. The Morgan fingerprint density at radius 2 is 2.30 bits per heavy atom. The van der Waals surface area contributed by atoms with E-state index in [1.165, 1.54) is 0 Å². The number of hydrogen-bond donors (Lipinski definition) is 1. The lowest BCUT2D eigenvalue weighted by Gasteiger charge is -2.02. The van der Waals surface area contributed by atoms with Crippen molar-refractivity contribution in [2.45, 2.75) is 18.9 Å². The molecule has 0 aromatic rings. The normalized spacial score (nSPS) is 13.0. The van der Waals surface area contributed by atoms with Gasteiger partial charge in [-0.3, -0.25) is 10.1 Å². The van der Waals surface area contributed by atoms with E-state index >= 15 is 0 Å². The zero-order valence-corrected chi connectivity index (χ0v) is 7.08. The van der Waals surface area contributed by atoms with Crippen molar-refractivity contribution in [2.24, 2.45) is 0 Å². The molecule has 60 valence electrons. The van der Waals surface area contributed by atoms with Gasteiger partial charge in [0.05, 0.1) is 0 Å². The van der Waals surface area contributed by atoms with Gasteiger partial charge in [0.1, 0.15) is 6.10 Å². The van der Waals surface area contributed by atoms with Crippen LogP contribution in [0.1, 0.15) is 12.8 Å². The van der Waals surface area contributed by atoms with Crippen LogP contribution in [0.3, 0.4) is 0 Å². The standard InChI is InChI=1S/C5H10BrNO3/c6-3-1-2-5(8)4-7(9)10/h5,8H,1-4H2. The molecule has 0 bridgehead atoms. The smallest absolute Gasteiger partial charge is 0.229 e. The lowest BCUT2D eigenvalue weighted by Crippen LogP contribution is -2.19. The van der Waals surface area contributed by atoms with Crippen LogP contribution in [0.15, 0.2) is 0 Å². The molecule has 0 aromatic carbocycles. The molecule has 1 atom stereocenters. The van der Waals surface area contributed by atoms with Gasteiger partial charge in [0.25, 0.3) is 0 Å². The predicted octanol–water partition coefficient (Wildman–Crippen LogP) is 0.799. The van der Waals surface area contributed by atoms with Gasteiger partial charge in [-0.15, -0.1) is 0 Å². The third-order valence-electron chi connectivity index (χ3n) is 1.03. The number of rotatable bonds is 5. The van der Waals surface area contributed by atoms with E-state index < -0.39 is 11.0 Å². The summed E-state index contributed by atoms with van der Waals surface area (Å²) in [7, 11) is 0. The highest BCUT2D eigenvalue weighted by Gasteiger charge is 2.09. The summed E-state index contributed by atoms with van der Waals surface area (Å²) in [5, 5.41) is 19.5. The maximum Gasteiger partial charge on any atom is 0.229 e. The molecular formula is C5H10BrNO3. The quantitative estimate of drug-likeness (QED) is 0.416. The van der Waals surface area contributed by atoms with E-state index in [1.54, 1.807) is 0 Å². The van der Waals surface area contributed by atoms with Crippen LogP contribution < -0.4 is 0 Å². The molecule has 0 aliphatic heterocycles. The average Bonchev–Trinajstić information content (AvgIpc) is 1.82. The van der Waals surface area contributed by atoms with E-state index in [0.717, 1.165) is 11.8 Å². The third-order valence-corrected chi connectivity index (χ3v) is 1.59. The van der Waals surface area contributed by atoms with Crippen LogP contribution >= 0.6 is 15.9 Å². The number of aliphatic hydroxyl groups excluding tert-OH is 1. The minimum Gasteiger partial charge on any atom is -0.386 e. The summed E-state index contributed by atoms with van der Waals surface area (Å²) in [6.07, 6.45) is 0.480. The molecule has 4 nitrogen and oxygen atoms in total. The fourth-order valence-electron chi connectivity index (χ4n) is 0.576. The Morgan fingerprint density at radius 3 is 2.70 bits per heavy atom. The van der Waals surface area contributed by atoms with Crippen molar-refractivity contribution in [3.05, 3.63) is 10.1 Å². The molecule has 0 saturated carbocycles. The third kappa shape index (κ3) is 5.97. The minimum absolute atomic E-state index is 0.340. The SMILES string of the molecule is O=[N+]([O-])CC(O)CCCBr. The molecule has 0 fully saturated rings. The first-order chi connectivity index (χ1) is 4.66. The topological polar surface area (TPSA) is 63.4 Å². The fourth-order valence-corrected chi connectivity index (χ4v) is 0.900. The summed E-state index contributed by atoms with van der Waals surface area (Å²) in [4.78, 5) is 9.31. The Labute approximate surface area is 67.5 Å². The second-order valence-electron chi connectivity index (χ2n) is 2.00. The monoisotopic (exact) mass is 211 g/mol. The molecular weight excluding hydrogens is 202 g/mol. The van der Waals surface area contributed by atoms with E-state index in [0.29, 0.717) is 6.42 Å². The number of alkyl halides is 1. The molecule has 0 aliphatic carbocycles. The molecule has 0 aromatic heterocycles. The van der Waals surface area contributed by atoms with E-state index in [9.17, 15) is 10.1 Å². The molecule has 0 spiro atoms. The summed E-state index contributed by atoms with van der Waals surface area (Å²) in [6, 6.07) is 0. The van der Waals surface area contributed by atoms with Crippen LogP contribution in [0.4, 0.5) is 0 Å². The van der Waals surface area contributed by atoms with Gasteiger partial charge in [0.2, 0.25) is 6.54 Å². The van der Waals surface area contributed by atoms with Gasteiger partial charge in [-0.2, -0.15) is 0 Å². The van der Waals surface area contributed by atoms with Crippen LogP contribution in [-0.4, -0.2) is 28.0 Å². The van der Waals surface area contributed by atoms with Gasteiger partial charge in [0, 0.05) is 10.3 Å². The molecule has 0 saturated heterocycles. The Balaban J connectivity index is 3.25. The number of nitro groups is 1. The van der Waals surface area contributed by atoms with Crippen molar-refractivity contribution in [2.75, 3.05) is 11.9 Å². The summed E-state index contributed by atoms with van der Waals surface area (Å²) in [5.41, 5.74) is 0. The lowest BCUT2D eigenvalue weighted by atomic mass is 10.2. The zero-order valence-electron chi connectivity index (χ0n) is 5.49. The molecule has 0 aliphatic rings. The van der Waals surface area contributed by atoms with Gasteiger partial charge >= 0.3 is 0 Å². The Hall–Kier alpha value is -0.160. The number of aliphatic hydroxyl groups is 1. The van der Waals surface area contributed by atoms with Crippen molar-refractivity contribution in [1.29, 1.82) is 0 Å². The molecule has 1 unspecified atom stereocenters. The Bertz CT molecular complexity index is 109. The molecule has 1 N–H and O–H groups in total. The van der Waals surface area contributed by atoms with Gasteiger partial charge in [-0.05, 0) is 12.8 Å². The van der Waals surface area contributed by atoms with Crippen molar-refractivity contribution in [3.8, 4) is 0 Å². The van der Waals surface area contributed by atoms with Crippen molar-refractivity contribution >= 4 is 15.9 Å². The molecule has 0 heterocycles. The minimum atomic E-state index is -0.785. The van der Waals surface area contributed by atoms with E-state index in [-0.39, 0.29) is 6.54 Å². The molecule has 10 heavy (non-hydrogen) atoms. The first-order valence-corrected chi connectivity index (χ1v) is 4.14. The van der Waals surface area contributed by atoms with Crippen molar-refractivity contribution in [3.63, 3.8) is 0 Å². The van der Waals surface area contributed by atoms with Gasteiger partial charge in [0.15, 0.2) is 0 Å². The number of nitrogens with zero attached hydrogens (tertiary/aromatic N) is 1. The van der Waals surface area contributed by atoms with Crippen LogP contribution in [-0.2, 0) is 0 Å². The second kappa shape index (κ2) is 5.61. The molecule has 0 rings (SSSR count). The van der Waals surface area contributed by atoms with Crippen LogP contribution in [0, 0.1) is 10.1 Å². The van der Waals surface area contributed by atoms with Gasteiger partial charge < -0.3 is 5.11 Å². The molecule has 0 radical (unpaired) electrons. The van der Waals surface area contributed by atoms with E-state index in [2.05, 4.69) is 15.9 Å². The highest BCUT2D eigenvalue weighted by molar-refractivity contribution is 9.09. The number of hydrogen-bond acceptors (Lipinski definition) is 3. The van der Waals surface area contributed by atoms with E-state index in [4.69, 9.17) is 5.11 Å². The summed E-state index contributed by atoms with van der Waals surface area (Å²) in [5.74, 6) is 0. The van der Waals surface area contributed by atoms with Crippen molar-refractivity contribution in [1.82, 2.24) is 0 Å². The summed E-state index contributed by atoms with van der Waals surface area (Å²) < 4.78 is 0. The van der Waals surface area contributed by atoms with Crippen LogP contribution in [0.25, 0.3) is 0 Å². The van der Waals surface area contributed by atoms with Gasteiger partial charge in [-0.1, -0.05) is 15.9 Å². The predicted molar refractivity (Wildman–Crippen MR) is 40.9 cm³/mol. The van der Waals surface area contributed by atoms with E-state index in [1.807, 2.05) is 0 Å². The summed E-state index contributed by atoms with van der Waals surface area (Å²) in [6.45, 7) is -0.340. The fraction of sp³-hybridized carbons (Fsp3) is 1.00. The maximum absolute atomic E-state index is 9.81. The summed E-state index contributed by atoms with van der Waals surface area (Å²) >= 11 is 3.16. The van der Waals surface area contributed by atoms with Crippen LogP contribution in [0.5, 0.6) is 0 Å². The molecule has 0 amide bonds.